The third kappa shape index (κ3) is 4.77. The summed E-state index contributed by atoms with van der Waals surface area (Å²) < 4.78 is 8.96. The number of hydrogen-bond donors (Lipinski definition) is 1. The molecule has 0 aliphatic carbocycles. The summed E-state index contributed by atoms with van der Waals surface area (Å²) in [5.41, 5.74) is 10.1. The van der Waals surface area contributed by atoms with Crippen LogP contribution in [0.5, 0.6) is 5.75 Å². The normalized spacial score (nSPS) is 18.8. The van der Waals surface area contributed by atoms with Crippen LogP contribution in [-0.4, -0.2) is 95.1 Å². The maximum absolute atomic E-state index is 13.3. The second-order valence-corrected chi connectivity index (χ2v) is 11.8. The predicted octanol–water partition coefficient (Wildman–Crippen LogP) is 3.79. The number of nitrogen functional groups attached to an aromatic ring is 1. The number of hydrogen-bond acceptors (Lipinski definition) is 8. The van der Waals surface area contributed by atoms with Crippen molar-refractivity contribution in [1.29, 1.82) is 0 Å². The van der Waals surface area contributed by atoms with Crippen LogP contribution in [0.2, 0.25) is 0 Å². The van der Waals surface area contributed by atoms with Crippen LogP contribution in [0.15, 0.2) is 42.9 Å². The van der Waals surface area contributed by atoms with E-state index in [9.17, 15) is 4.79 Å². The lowest BCUT2D eigenvalue weighted by atomic mass is 10.1. The topological polar surface area (TPSA) is 92.8 Å². The summed E-state index contributed by atoms with van der Waals surface area (Å²) in [4.78, 5) is 29.9. The summed E-state index contributed by atoms with van der Waals surface area (Å²) in [5, 5.41) is 1.99. The third-order valence-corrected chi connectivity index (χ3v) is 9.21. The monoisotopic (exact) mass is 545 g/mol. The first-order valence-electron chi connectivity index (χ1n) is 13.4. The van der Waals surface area contributed by atoms with E-state index in [0.717, 1.165) is 75.5 Å². The van der Waals surface area contributed by atoms with Crippen LogP contribution in [0.3, 0.4) is 0 Å². The van der Waals surface area contributed by atoms with E-state index in [1.54, 1.807) is 18.4 Å². The van der Waals surface area contributed by atoms with Crippen molar-refractivity contribution in [2.45, 2.75) is 19.4 Å². The molecule has 0 saturated carbocycles. The van der Waals surface area contributed by atoms with Gasteiger partial charge >= 0.3 is 0 Å². The van der Waals surface area contributed by atoms with Gasteiger partial charge in [-0.1, -0.05) is 12.6 Å². The Balaban J connectivity index is 1.27. The van der Waals surface area contributed by atoms with Gasteiger partial charge in [0.25, 0.3) is 5.91 Å². The zero-order valence-electron chi connectivity index (χ0n) is 22.8. The highest BCUT2D eigenvalue weighted by atomic mass is 32.1. The van der Waals surface area contributed by atoms with Gasteiger partial charge in [0.15, 0.2) is 0 Å². The van der Waals surface area contributed by atoms with Gasteiger partial charge in [0.1, 0.15) is 23.5 Å². The zero-order chi connectivity index (χ0) is 27.3. The van der Waals surface area contributed by atoms with Crippen LogP contribution < -0.4 is 10.5 Å². The van der Waals surface area contributed by atoms with Crippen LogP contribution in [0.25, 0.3) is 31.6 Å². The number of piperazine rings is 1. The summed E-state index contributed by atoms with van der Waals surface area (Å²) in [6, 6.07) is 6.52. The van der Waals surface area contributed by atoms with Gasteiger partial charge in [0, 0.05) is 68.0 Å². The Morgan fingerprint density at radius 1 is 1.18 bits per heavy atom. The molecule has 4 aromatic rings. The Labute approximate surface area is 232 Å². The van der Waals surface area contributed by atoms with Gasteiger partial charge in [-0.25, -0.2) is 9.97 Å². The number of nitrogens with two attached hydrogens (primary N) is 1. The standard InChI is InChI=1S/C29H35N7O2S/c1-18-11-20-13-24(39-26(20)23(12-18)38-4)22-16-36(28-25(22)27(30)31-17-32-28)21-5-6-35(15-21)29(37)19(2)14-34-9-7-33(3)8-10-34/h11-13,16-17,21H,2,5-10,14-15H2,1,3-4H3,(H2,30,31,32)/t21-/m0/s1. The number of methoxy groups -OCH3 is 1. The molecule has 9 nitrogen and oxygen atoms in total. The largest absolute Gasteiger partial charge is 0.495 e. The molecule has 3 aromatic heterocycles. The molecule has 2 aliphatic rings. The molecule has 2 N–H and O–H groups in total. The molecule has 6 rings (SSSR count). The molecule has 5 heterocycles. The molecule has 0 bridgehead atoms. The van der Waals surface area contributed by atoms with Gasteiger partial charge in [-0.2, -0.15) is 0 Å². The molecule has 10 heteroatoms. The Hall–Kier alpha value is -3.47. The Morgan fingerprint density at radius 2 is 1.97 bits per heavy atom. The lowest BCUT2D eigenvalue weighted by molar-refractivity contribution is -0.126. The first kappa shape index (κ1) is 25.8. The molecule has 1 aromatic carbocycles. The second kappa shape index (κ2) is 10.3. The fourth-order valence-corrected chi connectivity index (χ4v) is 6.99. The van der Waals surface area contributed by atoms with Crippen LogP contribution in [0, 0.1) is 6.92 Å². The number of aromatic nitrogens is 3. The first-order valence-corrected chi connectivity index (χ1v) is 14.2. The van der Waals surface area contributed by atoms with Gasteiger partial charge in [-0.3, -0.25) is 9.69 Å². The fraction of sp³-hybridized carbons (Fsp3) is 0.414. The number of nitrogens with zero attached hydrogens (tertiary/aromatic N) is 6. The SMILES string of the molecule is C=C(CN1CCN(C)CC1)C(=O)N1CC[C@H](n2cc(-c3cc4cc(C)cc(OC)c4s3)c3c(N)ncnc32)C1. The lowest BCUT2D eigenvalue weighted by Gasteiger charge is -2.33. The molecule has 0 radical (unpaired) electrons. The van der Waals surface area contributed by atoms with Gasteiger partial charge in [-0.15, -0.1) is 11.3 Å². The molecular formula is C29H35N7O2S. The number of rotatable bonds is 6. The van der Waals surface area contributed by atoms with Crippen molar-refractivity contribution >= 4 is 44.2 Å². The number of benzene rings is 1. The zero-order valence-corrected chi connectivity index (χ0v) is 23.6. The highest BCUT2D eigenvalue weighted by Crippen LogP contribution is 2.43. The Kier molecular flexibility index (Phi) is 6.78. The summed E-state index contributed by atoms with van der Waals surface area (Å²) in [5.74, 6) is 1.38. The molecule has 1 amide bonds. The number of aryl methyl sites for hydroxylation is 1. The molecular weight excluding hydrogens is 510 g/mol. The molecule has 204 valence electrons. The molecule has 1 atom stereocenters. The van der Waals surface area contributed by atoms with Crippen LogP contribution in [-0.2, 0) is 4.79 Å². The molecule has 0 unspecified atom stereocenters. The van der Waals surface area contributed by atoms with E-state index in [2.05, 4.69) is 69.3 Å². The highest BCUT2D eigenvalue weighted by Gasteiger charge is 2.31. The number of carbonyl (C=O) groups is 1. The van der Waals surface area contributed by atoms with E-state index >= 15 is 0 Å². The van der Waals surface area contributed by atoms with Crippen LogP contribution >= 0.6 is 11.3 Å². The minimum Gasteiger partial charge on any atom is -0.495 e. The number of ether oxygens (including phenoxy) is 1. The fourth-order valence-electron chi connectivity index (χ4n) is 5.84. The maximum atomic E-state index is 13.3. The van der Waals surface area contributed by atoms with Crippen molar-refractivity contribution in [2.24, 2.45) is 0 Å². The number of amides is 1. The Bertz CT molecular complexity index is 1570. The molecule has 39 heavy (non-hydrogen) atoms. The van der Waals surface area contributed by atoms with E-state index < -0.39 is 0 Å². The summed E-state index contributed by atoms with van der Waals surface area (Å²) in [6.07, 6.45) is 4.50. The van der Waals surface area contributed by atoms with E-state index in [0.29, 0.717) is 31.0 Å². The van der Waals surface area contributed by atoms with Crippen molar-refractivity contribution in [3.63, 3.8) is 0 Å². The quantitative estimate of drug-likeness (QED) is 0.369. The first-order chi connectivity index (χ1) is 18.8. The van der Waals surface area contributed by atoms with Crippen molar-refractivity contribution < 1.29 is 9.53 Å². The predicted molar refractivity (Wildman–Crippen MR) is 157 cm³/mol. The number of likely N-dealkylation sites (N-methyl/N-ethyl adjacent to an activating group) is 1. The second-order valence-electron chi connectivity index (χ2n) is 10.8. The van der Waals surface area contributed by atoms with Gasteiger partial charge in [-0.05, 0) is 43.5 Å². The smallest absolute Gasteiger partial charge is 0.250 e. The van der Waals surface area contributed by atoms with E-state index in [4.69, 9.17) is 10.5 Å². The van der Waals surface area contributed by atoms with Crippen molar-refractivity contribution in [3.05, 3.63) is 48.4 Å². The van der Waals surface area contributed by atoms with E-state index in [1.807, 2.05) is 4.90 Å². The Morgan fingerprint density at radius 3 is 2.74 bits per heavy atom. The average molecular weight is 546 g/mol. The molecule has 0 spiro atoms. The average Bonchev–Trinajstić information content (AvgIpc) is 3.66. The van der Waals surface area contributed by atoms with Crippen molar-refractivity contribution in [3.8, 4) is 16.2 Å². The molecule has 2 fully saturated rings. The van der Waals surface area contributed by atoms with E-state index in [1.165, 1.54) is 6.33 Å². The summed E-state index contributed by atoms with van der Waals surface area (Å²) in [6.45, 7) is 12.1. The number of thiophene rings is 1. The number of anilines is 1. The summed E-state index contributed by atoms with van der Waals surface area (Å²) in [7, 11) is 3.84. The van der Waals surface area contributed by atoms with Gasteiger partial charge in [0.05, 0.1) is 23.2 Å². The molecule has 2 saturated heterocycles. The van der Waals surface area contributed by atoms with Crippen molar-refractivity contribution in [2.75, 3.05) is 65.7 Å². The van der Waals surface area contributed by atoms with Crippen LogP contribution in [0.4, 0.5) is 5.82 Å². The minimum atomic E-state index is 0.0502. The highest BCUT2D eigenvalue weighted by molar-refractivity contribution is 7.22. The van der Waals surface area contributed by atoms with Crippen LogP contribution in [0.1, 0.15) is 18.0 Å². The maximum Gasteiger partial charge on any atom is 0.250 e. The lowest BCUT2D eigenvalue weighted by Crippen LogP contribution is -2.46. The van der Waals surface area contributed by atoms with Crippen molar-refractivity contribution in [1.82, 2.24) is 29.2 Å². The van der Waals surface area contributed by atoms with Gasteiger partial charge < -0.3 is 24.8 Å². The van der Waals surface area contributed by atoms with Gasteiger partial charge in [0.2, 0.25) is 0 Å². The third-order valence-electron chi connectivity index (χ3n) is 8.01. The van der Waals surface area contributed by atoms with E-state index in [-0.39, 0.29) is 11.9 Å². The number of carbonyl (C=O) groups excluding carboxylic acids is 1. The number of likely N-dealkylation sites (tertiary alicyclic amines) is 1. The number of fused-ring (bicyclic) bond motifs is 2. The molecule has 2 aliphatic heterocycles. The summed E-state index contributed by atoms with van der Waals surface area (Å²) >= 11 is 1.68. The minimum absolute atomic E-state index is 0.0502.